The molecule has 18 heteroatoms. The third kappa shape index (κ3) is 4.76. The van der Waals surface area contributed by atoms with Crippen molar-refractivity contribution in [3.05, 3.63) is 145 Å². The topological polar surface area (TPSA) is 151 Å². The predicted molar refractivity (Wildman–Crippen MR) is 194 cm³/mol. The monoisotopic (exact) mass is 761 g/mol. The van der Waals surface area contributed by atoms with Crippen molar-refractivity contribution in [2.24, 2.45) is 0 Å². The highest BCUT2D eigenvalue weighted by Crippen LogP contribution is 2.41. The molecule has 0 amide bonds. The van der Waals surface area contributed by atoms with Crippen LogP contribution in [0.25, 0.3) is 83.0 Å². The van der Waals surface area contributed by atoms with Gasteiger partial charge in [-0.25, -0.2) is 19.3 Å². The van der Waals surface area contributed by atoms with Gasteiger partial charge in [0.2, 0.25) is 0 Å². The van der Waals surface area contributed by atoms with E-state index in [0.717, 1.165) is 5.56 Å². The fourth-order valence-corrected chi connectivity index (χ4v) is 7.51. The van der Waals surface area contributed by atoms with Gasteiger partial charge in [-0.15, -0.1) is 0 Å². The Morgan fingerprint density at radius 2 is 1.09 bits per heavy atom. The number of benzene rings is 3. The minimum absolute atomic E-state index is 0.0166. The van der Waals surface area contributed by atoms with Crippen molar-refractivity contribution >= 4 is 60.5 Å². The Balaban J connectivity index is 1.55. The highest BCUT2D eigenvalue weighted by Gasteiger charge is 2.29. The molecule has 11 aromatic rings. The van der Waals surface area contributed by atoms with Gasteiger partial charge in [-0.1, -0.05) is 48.5 Å². The number of pyridine rings is 1. The smallest absolute Gasteiger partial charge is 0.276 e. The molecule has 0 unspecified atom stereocenters. The minimum atomic E-state index is -1.57. The molecule has 3 aromatic carbocycles. The van der Waals surface area contributed by atoms with Gasteiger partial charge in [-0.05, 0) is 24.3 Å². The number of fused-ring (bicyclic) bond motifs is 7. The number of aromatic nitrogens is 13. The summed E-state index contributed by atoms with van der Waals surface area (Å²) in [6.07, 6.45) is -0.388. The molecule has 0 radical (unpaired) electrons. The van der Waals surface area contributed by atoms with Crippen molar-refractivity contribution in [2.75, 3.05) is 0 Å². The van der Waals surface area contributed by atoms with Crippen molar-refractivity contribution in [1.29, 1.82) is 0 Å². The zero-order valence-corrected chi connectivity index (χ0v) is 28.4. The lowest BCUT2D eigenvalue weighted by Crippen LogP contribution is -2.28. The summed E-state index contributed by atoms with van der Waals surface area (Å²) in [5.74, 6) is -2.26. The molecule has 57 heavy (non-hydrogen) atoms. The maximum absolute atomic E-state index is 16.3. The minimum Gasteiger partial charge on any atom is -0.276 e. The molecule has 0 aliphatic heterocycles. The fourth-order valence-electron chi connectivity index (χ4n) is 7.51. The molecule has 8 aromatic heterocycles. The third-order valence-corrected chi connectivity index (χ3v) is 9.64. The normalized spacial score (nSPS) is 11.9. The van der Waals surface area contributed by atoms with Crippen LogP contribution in [0.4, 0.5) is 22.0 Å². The van der Waals surface area contributed by atoms with E-state index in [9.17, 15) is 0 Å². The molecule has 11 rings (SSSR count). The van der Waals surface area contributed by atoms with Gasteiger partial charge in [0.05, 0.1) is 34.0 Å². The van der Waals surface area contributed by atoms with Crippen LogP contribution in [0.2, 0.25) is 0 Å². The standard InChI is InChI=1S/C39H16F5N13/c40-21-12-11-19-18-9-10-20(22-8-4-5-13-45-22)24-28-34(48-16-23(49-28)17-6-2-1-3-7-17)56(29(18)24)35(57-30(19)25(21)27-33(57)47-15-14-46-27)26(31-50-36(41)54-37(42)51-31)32-52-38(43)55-39(44)53-32/h1-16H. The summed E-state index contributed by atoms with van der Waals surface area (Å²) in [7, 11) is 0. The van der Waals surface area contributed by atoms with Gasteiger partial charge < -0.3 is 0 Å². The summed E-state index contributed by atoms with van der Waals surface area (Å²) in [6, 6.07) is 21.2. The molecule has 0 aliphatic rings. The van der Waals surface area contributed by atoms with Crippen molar-refractivity contribution in [2.45, 2.75) is 0 Å². The first kappa shape index (κ1) is 32.4. The first-order chi connectivity index (χ1) is 27.8. The van der Waals surface area contributed by atoms with E-state index in [2.05, 4.69) is 44.9 Å². The Hall–Kier alpha value is -8.02. The molecule has 0 aliphatic carbocycles. The van der Waals surface area contributed by atoms with Gasteiger partial charge in [-0.2, -0.15) is 47.5 Å². The summed E-state index contributed by atoms with van der Waals surface area (Å²) in [5, 5.41) is 1.48. The average molecular weight is 762 g/mol. The second kappa shape index (κ2) is 12.0. The van der Waals surface area contributed by atoms with Crippen LogP contribution in [0.1, 0.15) is 11.6 Å². The van der Waals surface area contributed by atoms with Crippen LogP contribution in [-0.4, -0.2) is 63.6 Å². The Kier molecular flexibility index (Phi) is 6.82. The molecule has 0 spiro atoms. The zero-order chi connectivity index (χ0) is 38.5. The quantitative estimate of drug-likeness (QED) is 0.190. The summed E-state index contributed by atoms with van der Waals surface area (Å²) in [6.45, 7) is 0. The largest absolute Gasteiger partial charge is 0.314 e. The highest BCUT2D eigenvalue weighted by atomic mass is 19.2. The number of hydrogen-bond donors (Lipinski definition) is 0. The Bertz CT molecular complexity index is 3450. The van der Waals surface area contributed by atoms with Gasteiger partial charge in [0.25, 0.3) is 0 Å². The Labute approximate surface area is 313 Å². The molecule has 0 bridgehead atoms. The zero-order valence-electron chi connectivity index (χ0n) is 28.4. The van der Waals surface area contributed by atoms with E-state index >= 15 is 22.0 Å². The Morgan fingerprint density at radius 1 is 0.474 bits per heavy atom. The van der Waals surface area contributed by atoms with Crippen LogP contribution in [0.15, 0.2) is 97.6 Å². The van der Waals surface area contributed by atoms with E-state index in [1.54, 1.807) is 22.7 Å². The van der Waals surface area contributed by atoms with Gasteiger partial charge in [0.1, 0.15) is 27.9 Å². The molecular weight excluding hydrogens is 746 g/mol. The second-order valence-electron chi connectivity index (χ2n) is 12.7. The molecule has 272 valence electrons. The second-order valence-corrected chi connectivity index (χ2v) is 12.7. The first-order valence-corrected chi connectivity index (χ1v) is 17.0. The lowest BCUT2D eigenvalue weighted by molar-refractivity contribution is 0.448. The fraction of sp³-hybridized carbons (Fsp3) is 0. The number of hydrogen-bond acceptors (Lipinski definition) is 11. The van der Waals surface area contributed by atoms with Crippen LogP contribution in [-0.2, 0) is 0 Å². The van der Waals surface area contributed by atoms with Gasteiger partial charge in [0.15, 0.2) is 22.9 Å². The van der Waals surface area contributed by atoms with Crippen LogP contribution < -0.4 is 5.48 Å². The van der Waals surface area contributed by atoms with Crippen molar-refractivity contribution in [3.63, 3.8) is 0 Å². The predicted octanol–water partition coefficient (Wildman–Crippen LogP) is 6.15. The van der Waals surface area contributed by atoms with E-state index < -0.39 is 47.4 Å². The van der Waals surface area contributed by atoms with Crippen LogP contribution >= 0.6 is 0 Å². The van der Waals surface area contributed by atoms with E-state index in [4.69, 9.17) is 9.97 Å². The summed E-state index contributed by atoms with van der Waals surface area (Å²) >= 11 is 0. The van der Waals surface area contributed by atoms with Crippen LogP contribution in [0, 0.1) is 30.1 Å². The number of nitrogens with zero attached hydrogens (tertiary/aromatic N) is 13. The van der Waals surface area contributed by atoms with Crippen molar-refractivity contribution in [3.8, 4) is 22.5 Å². The van der Waals surface area contributed by atoms with Crippen molar-refractivity contribution in [1.82, 2.24) is 63.6 Å². The average Bonchev–Trinajstić information content (AvgIpc) is 3.70. The van der Waals surface area contributed by atoms with E-state index in [1.807, 2.05) is 54.6 Å². The molecule has 0 saturated carbocycles. The number of rotatable bonds is 4. The summed E-state index contributed by atoms with van der Waals surface area (Å²) in [5.41, 5.74) is 2.76. The molecular formula is C39H16F5N13. The first-order valence-electron chi connectivity index (χ1n) is 17.0. The van der Waals surface area contributed by atoms with Crippen molar-refractivity contribution < 1.29 is 22.0 Å². The summed E-state index contributed by atoms with van der Waals surface area (Å²) < 4.78 is 79.6. The third-order valence-electron chi connectivity index (χ3n) is 9.64. The SMILES string of the molecule is Fc1nc(F)nc(C(c2nc(F)nc(F)n2)=c2n3c4nccnc4c4c(F)ccc(c5ccc(-c6ccccn6)c6c7nc(-c8ccccc8)cnc7n2c56)c43)n1. The molecule has 0 N–H and O–H groups in total. The number of halogens is 5. The van der Waals surface area contributed by atoms with Crippen LogP contribution in [0.3, 0.4) is 0 Å². The lowest BCUT2D eigenvalue weighted by atomic mass is 10.0. The molecule has 0 atom stereocenters. The molecule has 0 saturated heterocycles. The maximum atomic E-state index is 16.3. The van der Waals surface area contributed by atoms with E-state index in [-0.39, 0.29) is 33.2 Å². The summed E-state index contributed by atoms with van der Waals surface area (Å²) in [4.78, 5) is 44.9. The highest BCUT2D eigenvalue weighted by molar-refractivity contribution is 6.25. The molecule has 0 fully saturated rings. The van der Waals surface area contributed by atoms with Gasteiger partial charge >= 0.3 is 24.3 Å². The molecule has 13 nitrogen and oxygen atoms in total. The van der Waals surface area contributed by atoms with Gasteiger partial charge in [-0.3, -0.25) is 18.8 Å². The van der Waals surface area contributed by atoms with Crippen LogP contribution in [0.5, 0.6) is 0 Å². The maximum Gasteiger partial charge on any atom is 0.314 e. The molecule has 8 heterocycles. The van der Waals surface area contributed by atoms with E-state index in [1.165, 1.54) is 29.1 Å². The van der Waals surface area contributed by atoms with E-state index in [0.29, 0.717) is 44.1 Å². The Morgan fingerprint density at radius 3 is 1.75 bits per heavy atom. The lowest BCUT2D eigenvalue weighted by Gasteiger charge is -2.09. The van der Waals surface area contributed by atoms with Gasteiger partial charge in [0, 0.05) is 45.9 Å².